The van der Waals surface area contributed by atoms with Crippen LogP contribution in [0.5, 0.6) is 5.75 Å². The molecular weight excluding hydrogens is 292 g/mol. The van der Waals surface area contributed by atoms with Crippen LogP contribution >= 0.6 is 0 Å². The van der Waals surface area contributed by atoms with Gasteiger partial charge in [-0.1, -0.05) is 42.5 Å². The largest absolute Gasteiger partial charge is 0.435 e. The van der Waals surface area contributed by atoms with Crippen LogP contribution in [0.25, 0.3) is 0 Å². The van der Waals surface area contributed by atoms with Crippen LogP contribution < -0.4 is 10.1 Å². The Morgan fingerprint density at radius 2 is 1.86 bits per heavy atom. The summed E-state index contributed by atoms with van der Waals surface area (Å²) in [6.07, 6.45) is -1.28. The first-order valence-corrected chi connectivity index (χ1v) is 6.61. The van der Waals surface area contributed by atoms with Gasteiger partial charge in [0.05, 0.1) is 0 Å². The molecule has 4 nitrogen and oxygen atoms in total. The van der Waals surface area contributed by atoms with E-state index in [1.165, 1.54) is 12.1 Å². The third kappa shape index (κ3) is 4.53. The van der Waals surface area contributed by atoms with Crippen LogP contribution in [0.1, 0.15) is 17.2 Å². The number of carbonyl (C=O) groups is 1. The van der Waals surface area contributed by atoms with Gasteiger partial charge in [0.1, 0.15) is 5.75 Å². The highest BCUT2D eigenvalue weighted by Gasteiger charge is 2.16. The normalized spacial score (nSPS) is 12.0. The molecule has 2 N–H and O–H groups in total. The number of ether oxygens (including phenoxy) is 1. The van der Waals surface area contributed by atoms with Crippen LogP contribution in [-0.2, 0) is 11.3 Å². The number of hydrogen-bond donors (Lipinski definition) is 2. The summed E-state index contributed by atoms with van der Waals surface area (Å²) in [4.78, 5) is 11.9. The number of halogens is 2. The van der Waals surface area contributed by atoms with Gasteiger partial charge < -0.3 is 15.2 Å². The molecule has 2 aromatic rings. The fraction of sp³-hybridized carbons (Fsp3) is 0.188. The molecule has 0 radical (unpaired) electrons. The number of hydrogen-bond acceptors (Lipinski definition) is 3. The fourth-order valence-corrected chi connectivity index (χ4v) is 1.90. The van der Waals surface area contributed by atoms with E-state index in [0.717, 1.165) is 0 Å². The standard InChI is InChI=1S/C16H15F2NO3/c17-16(18)22-13-8-4-5-11(9-13)10-19-15(21)14(20)12-6-2-1-3-7-12/h1-9,14,16,20H,10H2,(H,19,21). The van der Waals surface area contributed by atoms with Gasteiger partial charge in [0.25, 0.3) is 5.91 Å². The van der Waals surface area contributed by atoms with Gasteiger partial charge in [0, 0.05) is 6.54 Å². The molecule has 0 fully saturated rings. The summed E-state index contributed by atoms with van der Waals surface area (Å²) in [5.41, 5.74) is 1.07. The molecule has 0 spiro atoms. The predicted octanol–water partition coefficient (Wildman–Crippen LogP) is 2.64. The molecule has 0 aliphatic rings. The maximum absolute atomic E-state index is 12.1. The lowest BCUT2D eigenvalue weighted by atomic mass is 10.1. The smallest absolute Gasteiger partial charge is 0.387 e. The number of aliphatic hydroxyl groups excluding tert-OH is 1. The summed E-state index contributed by atoms with van der Waals surface area (Å²) in [5, 5.41) is 12.5. The van der Waals surface area contributed by atoms with Crippen molar-refractivity contribution in [2.24, 2.45) is 0 Å². The third-order valence-corrected chi connectivity index (χ3v) is 2.95. The van der Waals surface area contributed by atoms with Crippen molar-refractivity contribution < 1.29 is 23.4 Å². The van der Waals surface area contributed by atoms with Gasteiger partial charge in [0.15, 0.2) is 6.10 Å². The predicted molar refractivity (Wildman–Crippen MR) is 76.3 cm³/mol. The van der Waals surface area contributed by atoms with E-state index < -0.39 is 18.6 Å². The Balaban J connectivity index is 1.93. The minimum atomic E-state index is -2.90. The second kappa shape index (κ2) is 7.51. The summed E-state index contributed by atoms with van der Waals surface area (Å²) in [7, 11) is 0. The maximum atomic E-state index is 12.1. The average Bonchev–Trinajstić information content (AvgIpc) is 2.52. The van der Waals surface area contributed by atoms with Crippen molar-refractivity contribution in [3.8, 4) is 5.75 Å². The van der Waals surface area contributed by atoms with Crippen molar-refractivity contribution in [3.05, 3.63) is 65.7 Å². The van der Waals surface area contributed by atoms with Gasteiger partial charge in [-0.3, -0.25) is 4.79 Å². The first-order valence-electron chi connectivity index (χ1n) is 6.61. The Labute approximate surface area is 126 Å². The second-order valence-corrected chi connectivity index (χ2v) is 4.56. The molecule has 1 atom stereocenters. The van der Waals surface area contributed by atoms with Crippen molar-refractivity contribution in [1.29, 1.82) is 0 Å². The van der Waals surface area contributed by atoms with Gasteiger partial charge in [-0.2, -0.15) is 8.78 Å². The highest BCUT2D eigenvalue weighted by atomic mass is 19.3. The minimum Gasteiger partial charge on any atom is -0.435 e. The van der Waals surface area contributed by atoms with Crippen molar-refractivity contribution in [2.75, 3.05) is 0 Å². The molecule has 6 heteroatoms. The molecule has 1 unspecified atom stereocenters. The van der Waals surface area contributed by atoms with Crippen LogP contribution in [-0.4, -0.2) is 17.6 Å². The summed E-state index contributed by atoms with van der Waals surface area (Å²) < 4.78 is 28.6. The molecule has 0 bridgehead atoms. The number of benzene rings is 2. The van der Waals surface area contributed by atoms with E-state index in [9.17, 15) is 18.7 Å². The number of nitrogens with one attached hydrogen (secondary N) is 1. The average molecular weight is 307 g/mol. The molecular formula is C16H15F2NO3. The summed E-state index contributed by atoms with van der Waals surface area (Å²) in [6, 6.07) is 14.5. The molecule has 22 heavy (non-hydrogen) atoms. The van der Waals surface area contributed by atoms with E-state index >= 15 is 0 Å². The Morgan fingerprint density at radius 1 is 1.14 bits per heavy atom. The van der Waals surface area contributed by atoms with E-state index in [1.807, 2.05) is 0 Å². The van der Waals surface area contributed by atoms with Gasteiger partial charge in [-0.15, -0.1) is 0 Å². The van der Waals surface area contributed by atoms with E-state index in [0.29, 0.717) is 11.1 Å². The molecule has 2 rings (SSSR count). The molecule has 1 amide bonds. The highest BCUT2D eigenvalue weighted by molar-refractivity contribution is 5.81. The van der Waals surface area contributed by atoms with Gasteiger partial charge >= 0.3 is 6.61 Å². The van der Waals surface area contributed by atoms with Crippen molar-refractivity contribution in [1.82, 2.24) is 5.32 Å². The first-order chi connectivity index (χ1) is 10.6. The second-order valence-electron chi connectivity index (χ2n) is 4.56. The Hall–Kier alpha value is -2.47. The number of rotatable bonds is 6. The Morgan fingerprint density at radius 3 is 2.55 bits per heavy atom. The maximum Gasteiger partial charge on any atom is 0.387 e. The minimum absolute atomic E-state index is 0.0188. The number of amides is 1. The van der Waals surface area contributed by atoms with Gasteiger partial charge in [0.2, 0.25) is 0 Å². The van der Waals surface area contributed by atoms with E-state index in [2.05, 4.69) is 10.1 Å². The van der Waals surface area contributed by atoms with Crippen LogP contribution in [0.3, 0.4) is 0 Å². The van der Waals surface area contributed by atoms with Crippen molar-refractivity contribution in [2.45, 2.75) is 19.3 Å². The van der Waals surface area contributed by atoms with E-state index in [1.54, 1.807) is 42.5 Å². The molecule has 116 valence electrons. The summed E-state index contributed by atoms with van der Waals surface area (Å²) in [5.74, 6) is -0.545. The molecule has 0 aliphatic carbocycles. The lowest BCUT2D eigenvalue weighted by molar-refractivity contribution is -0.129. The summed E-state index contributed by atoms with van der Waals surface area (Å²) >= 11 is 0. The number of carbonyl (C=O) groups excluding carboxylic acids is 1. The van der Waals surface area contributed by atoms with E-state index in [-0.39, 0.29) is 12.3 Å². The highest BCUT2D eigenvalue weighted by Crippen LogP contribution is 2.16. The zero-order valence-electron chi connectivity index (χ0n) is 11.6. The van der Waals surface area contributed by atoms with Crippen LogP contribution in [0.4, 0.5) is 8.78 Å². The number of alkyl halides is 2. The Kier molecular flexibility index (Phi) is 5.43. The first kappa shape index (κ1) is 15.9. The van der Waals surface area contributed by atoms with E-state index in [4.69, 9.17) is 0 Å². The molecule has 0 saturated heterocycles. The van der Waals surface area contributed by atoms with Crippen LogP contribution in [0.2, 0.25) is 0 Å². The quantitative estimate of drug-likeness (QED) is 0.862. The van der Waals surface area contributed by atoms with Gasteiger partial charge in [-0.05, 0) is 23.3 Å². The van der Waals surface area contributed by atoms with Crippen LogP contribution in [0.15, 0.2) is 54.6 Å². The molecule has 0 heterocycles. The zero-order chi connectivity index (χ0) is 15.9. The zero-order valence-corrected chi connectivity index (χ0v) is 11.6. The lowest BCUT2D eigenvalue weighted by Gasteiger charge is -2.12. The molecule has 0 aromatic heterocycles. The number of aliphatic hydroxyl groups is 1. The molecule has 0 aliphatic heterocycles. The Bertz CT molecular complexity index is 620. The molecule has 0 saturated carbocycles. The SMILES string of the molecule is O=C(NCc1cccc(OC(F)F)c1)C(O)c1ccccc1. The van der Waals surface area contributed by atoms with Gasteiger partial charge in [-0.25, -0.2) is 0 Å². The lowest BCUT2D eigenvalue weighted by Crippen LogP contribution is -2.28. The fourth-order valence-electron chi connectivity index (χ4n) is 1.90. The van der Waals surface area contributed by atoms with Crippen molar-refractivity contribution in [3.63, 3.8) is 0 Å². The monoisotopic (exact) mass is 307 g/mol. The topological polar surface area (TPSA) is 58.6 Å². The van der Waals surface area contributed by atoms with Crippen molar-refractivity contribution >= 4 is 5.91 Å². The molecule has 2 aromatic carbocycles. The third-order valence-electron chi connectivity index (χ3n) is 2.95. The summed E-state index contributed by atoms with van der Waals surface area (Å²) in [6.45, 7) is -2.80. The van der Waals surface area contributed by atoms with Crippen LogP contribution in [0, 0.1) is 0 Å².